The molecule has 44 heavy (non-hydrogen) atoms. The number of benzene rings is 5. The Morgan fingerprint density at radius 2 is 0.750 bits per heavy atom. The maximum Gasteiger partial charge on any atom is 0.161 e. The Bertz CT molecular complexity index is 2320. The second-order valence-electron chi connectivity index (χ2n) is 10.6. The monoisotopic (exact) mass is 598 g/mol. The summed E-state index contributed by atoms with van der Waals surface area (Å²) >= 11 is 3.42. The summed E-state index contributed by atoms with van der Waals surface area (Å²) in [6.45, 7) is 0. The van der Waals surface area contributed by atoms with Crippen LogP contribution in [-0.2, 0) is 0 Å². The van der Waals surface area contributed by atoms with Crippen molar-refractivity contribution in [1.82, 2.24) is 19.9 Å². The molecule has 6 heteroatoms. The summed E-state index contributed by atoms with van der Waals surface area (Å²) in [6, 6.07) is 46.0. The van der Waals surface area contributed by atoms with Crippen LogP contribution in [0.15, 0.2) is 133 Å². The molecular formula is C38H22N4S2. The summed E-state index contributed by atoms with van der Waals surface area (Å²) in [5.41, 5.74) is 5.85. The second-order valence-corrected chi connectivity index (χ2v) is 12.7. The SMILES string of the molecule is c1ccc(-c2nc(-c3ccccc3-c3nc(-c4ccccc4)nc4sc5ccccc5c34)c3c(n2)sc2ccccc23)cc1. The second kappa shape index (κ2) is 10.2. The summed E-state index contributed by atoms with van der Waals surface area (Å²) in [5, 5.41) is 4.47. The van der Waals surface area contributed by atoms with Crippen molar-refractivity contribution in [2.45, 2.75) is 0 Å². The molecule has 0 radical (unpaired) electrons. The van der Waals surface area contributed by atoms with Crippen LogP contribution >= 0.6 is 22.7 Å². The summed E-state index contributed by atoms with van der Waals surface area (Å²) in [7, 11) is 0. The summed E-state index contributed by atoms with van der Waals surface area (Å²) in [4.78, 5) is 22.8. The van der Waals surface area contributed by atoms with E-state index in [2.05, 4.69) is 97.1 Å². The molecule has 0 atom stereocenters. The highest BCUT2D eigenvalue weighted by atomic mass is 32.1. The molecule has 0 unspecified atom stereocenters. The molecule has 9 aromatic rings. The number of fused-ring (bicyclic) bond motifs is 6. The maximum absolute atomic E-state index is 5.32. The van der Waals surface area contributed by atoms with Gasteiger partial charge in [0.25, 0.3) is 0 Å². The largest absolute Gasteiger partial charge is 0.227 e. The number of aromatic nitrogens is 4. The minimum atomic E-state index is 0.716. The van der Waals surface area contributed by atoms with Crippen LogP contribution in [0.5, 0.6) is 0 Å². The molecule has 0 bridgehead atoms. The first-order chi connectivity index (χ1) is 21.8. The fourth-order valence-corrected chi connectivity index (χ4v) is 8.12. The lowest BCUT2D eigenvalue weighted by atomic mass is 9.96. The standard InChI is InChI=1S/C38H22N4S2/c1-3-13-23(14-4-1)35-39-33(31-27-19-9-11-21-29(27)43-37(31)41-35)25-17-7-8-18-26(25)34-32-28-20-10-12-22-30(28)44-38(32)42-36(40-34)24-15-5-2-6-16-24/h1-22H. The van der Waals surface area contributed by atoms with Crippen molar-refractivity contribution in [1.29, 1.82) is 0 Å². The van der Waals surface area contributed by atoms with Crippen LogP contribution < -0.4 is 0 Å². The molecule has 0 amide bonds. The van der Waals surface area contributed by atoms with Crippen molar-refractivity contribution in [3.8, 4) is 45.3 Å². The quantitative estimate of drug-likeness (QED) is 0.202. The van der Waals surface area contributed by atoms with Gasteiger partial charge < -0.3 is 0 Å². The highest BCUT2D eigenvalue weighted by Gasteiger charge is 2.23. The first-order valence-electron chi connectivity index (χ1n) is 14.4. The minimum Gasteiger partial charge on any atom is -0.227 e. The Kier molecular flexibility index (Phi) is 5.82. The van der Waals surface area contributed by atoms with E-state index in [1.807, 2.05) is 36.4 Å². The van der Waals surface area contributed by atoms with Crippen molar-refractivity contribution >= 4 is 63.3 Å². The number of hydrogen-bond donors (Lipinski definition) is 0. The van der Waals surface area contributed by atoms with Crippen molar-refractivity contribution in [3.05, 3.63) is 133 Å². The fraction of sp³-hybridized carbons (Fsp3) is 0. The van der Waals surface area contributed by atoms with Crippen LogP contribution in [0.25, 0.3) is 85.9 Å². The molecule has 4 nitrogen and oxygen atoms in total. The van der Waals surface area contributed by atoms with Crippen LogP contribution in [-0.4, -0.2) is 19.9 Å². The van der Waals surface area contributed by atoms with Crippen molar-refractivity contribution in [2.75, 3.05) is 0 Å². The molecule has 4 heterocycles. The highest BCUT2D eigenvalue weighted by Crippen LogP contribution is 2.45. The third kappa shape index (κ3) is 4.03. The minimum absolute atomic E-state index is 0.716. The van der Waals surface area contributed by atoms with Crippen LogP contribution in [0.3, 0.4) is 0 Å². The molecule has 4 aromatic heterocycles. The predicted octanol–water partition coefficient (Wildman–Crippen LogP) is 10.7. The maximum atomic E-state index is 5.32. The van der Waals surface area contributed by atoms with Gasteiger partial charge >= 0.3 is 0 Å². The van der Waals surface area contributed by atoms with Crippen molar-refractivity contribution in [3.63, 3.8) is 0 Å². The van der Waals surface area contributed by atoms with Gasteiger partial charge in [-0.1, -0.05) is 121 Å². The molecule has 0 aliphatic heterocycles. The average Bonchev–Trinajstić information content (AvgIpc) is 3.67. The summed E-state index contributed by atoms with van der Waals surface area (Å²) in [5.74, 6) is 1.43. The molecular weight excluding hydrogens is 577 g/mol. The highest BCUT2D eigenvalue weighted by molar-refractivity contribution is 7.26. The topological polar surface area (TPSA) is 51.6 Å². The van der Waals surface area contributed by atoms with Gasteiger partial charge in [0.05, 0.1) is 11.4 Å². The summed E-state index contributed by atoms with van der Waals surface area (Å²) < 4.78 is 2.39. The molecule has 0 fully saturated rings. The van der Waals surface area contributed by atoms with E-state index in [9.17, 15) is 0 Å². The van der Waals surface area contributed by atoms with Gasteiger partial charge in [-0.25, -0.2) is 19.9 Å². The van der Waals surface area contributed by atoms with Crippen LogP contribution in [0.1, 0.15) is 0 Å². The number of rotatable bonds is 4. The fourth-order valence-electron chi connectivity index (χ4n) is 5.96. The number of nitrogens with zero attached hydrogens (tertiary/aromatic N) is 4. The zero-order valence-electron chi connectivity index (χ0n) is 23.3. The molecule has 206 valence electrons. The average molecular weight is 599 g/mol. The van der Waals surface area contributed by atoms with Crippen LogP contribution in [0.2, 0.25) is 0 Å². The molecule has 0 saturated heterocycles. The molecule has 0 aliphatic carbocycles. The normalized spacial score (nSPS) is 11.6. The zero-order valence-corrected chi connectivity index (χ0v) is 24.9. The Balaban J connectivity index is 1.40. The molecule has 5 aromatic carbocycles. The smallest absolute Gasteiger partial charge is 0.161 e. The first kappa shape index (κ1) is 25.2. The van der Waals surface area contributed by atoms with Gasteiger partial charge in [-0.05, 0) is 12.1 Å². The van der Waals surface area contributed by atoms with Gasteiger partial charge in [-0.2, -0.15) is 0 Å². The summed E-state index contributed by atoms with van der Waals surface area (Å²) in [6.07, 6.45) is 0. The van der Waals surface area contributed by atoms with E-state index in [1.165, 1.54) is 9.40 Å². The third-order valence-corrected chi connectivity index (χ3v) is 10.1. The Labute approximate surface area is 261 Å². The van der Waals surface area contributed by atoms with Gasteiger partial charge in [0.2, 0.25) is 0 Å². The van der Waals surface area contributed by atoms with Gasteiger partial charge in [0.15, 0.2) is 11.6 Å². The van der Waals surface area contributed by atoms with Crippen LogP contribution in [0.4, 0.5) is 0 Å². The van der Waals surface area contributed by atoms with E-state index in [0.717, 1.165) is 64.8 Å². The van der Waals surface area contributed by atoms with Gasteiger partial charge in [-0.15, -0.1) is 22.7 Å². The molecule has 0 N–H and O–H groups in total. The van der Waals surface area contributed by atoms with Gasteiger partial charge in [-0.3, -0.25) is 0 Å². The van der Waals surface area contributed by atoms with Gasteiger partial charge in [0.1, 0.15) is 9.66 Å². The van der Waals surface area contributed by atoms with Crippen molar-refractivity contribution in [2.24, 2.45) is 0 Å². The van der Waals surface area contributed by atoms with E-state index >= 15 is 0 Å². The molecule has 0 aliphatic rings. The first-order valence-corrected chi connectivity index (χ1v) is 16.0. The van der Waals surface area contributed by atoms with E-state index in [4.69, 9.17) is 19.9 Å². The van der Waals surface area contributed by atoms with E-state index in [0.29, 0.717) is 11.6 Å². The van der Waals surface area contributed by atoms with E-state index < -0.39 is 0 Å². The number of hydrogen-bond acceptors (Lipinski definition) is 6. The molecule has 0 spiro atoms. The van der Waals surface area contributed by atoms with Crippen LogP contribution in [0, 0.1) is 0 Å². The predicted molar refractivity (Wildman–Crippen MR) is 185 cm³/mol. The lowest BCUT2D eigenvalue weighted by Gasteiger charge is -2.14. The van der Waals surface area contributed by atoms with E-state index in [1.54, 1.807) is 22.7 Å². The van der Waals surface area contributed by atoms with Gasteiger partial charge in [0, 0.05) is 53.2 Å². The lowest BCUT2D eigenvalue weighted by molar-refractivity contribution is 1.23. The van der Waals surface area contributed by atoms with E-state index in [-0.39, 0.29) is 0 Å². The Morgan fingerprint density at radius 1 is 0.364 bits per heavy atom. The Hall–Kier alpha value is -5.30. The molecule has 0 saturated carbocycles. The molecule has 9 rings (SSSR count). The Morgan fingerprint density at radius 3 is 1.20 bits per heavy atom. The number of thiophene rings is 2. The third-order valence-electron chi connectivity index (χ3n) is 7.98. The van der Waals surface area contributed by atoms with Crippen molar-refractivity contribution < 1.29 is 0 Å². The zero-order chi connectivity index (χ0) is 29.0. The lowest BCUT2D eigenvalue weighted by Crippen LogP contribution is -1.98.